The predicted octanol–water partition coefficient (Wildman–Crippen LogP) is 1.87. The summed E-state index contributed by atoms with van der Waals surface area (Å²) in [6, 6.07) is 0.105. The third-order valence-electron chi connectivity index (χ3n) is 3.07. The maximum Gasteiger partial charge on any atom is 0.407 e. The van der Waals surface area contributed by atoms with Crippen LogP contribution in [0.3, 0.4) is 0 Å². The van der Waals surface area contributed by atoms with Crippen LogP contribution in [-0.4, -0.2) is 55.5 Å². The summed E-state index contributed by atoms with van der Waals surface area (Å²) in [7, 11) is 0. The highest BCUT2D eigenvalue weighted by molar-refractivity contribution is 5.68. The lowest BCUT2D eigenvalue weighted by molar-refractivity contribution is 0.0258. The molecule has 0 aromatic rings. The van der Waals surface area contributed by atoms with Crippen LogP contribution in [0.25, 0.3) is 0 Å². The van der Waals surface area contributed by atoms with Gasteiger partial charge in [-0.25, -0.2) is 4.79 Å². The van der Waals surface area contributed by atoms with Gasteiger partial charge in [0.2, 0.25) is 0 Å². The first-order valence-corrected chi connectivity index (χ1v) is 7.07. The number of amides is 1. The fourth-order valence-electron chi connectivity index (χ4n) is 1.94. The standard InChI is InChI=1S/C14H28N2O3/c1-11(2)12(10-16-6-8-18-9-7-16)15-13(17)19-14(3,4)5/h11-12H,6-10H2,1-5H3,(H,15,17)/t12-/m1/s1. The molecule has 1 heterocycles. The Labute approximate surface area is 116 Å². The van der Waals surface area contributed by atoms with Gasteiger partial charge in [-0.2, -0.15) is 0 Å². The van der Waals surface area contributed by atoms with Crippen molar-refractivity contribution in [2.24, 2.45) is 5.92 Å². The minimum absolute atomic E-state index is 0.105. The summed E-state index contributed by atoms with van der Waals surface area (Å²) in [5.74, 6) is 0.371. The predicted molar refractivity (Wildman–Crippen MR) is 75.3 cm³/mol. The number of nitrogens with one attached hydrogen (secondary N) is 1. The summed E-state index contributed by atoms with van der Waals surface area (Å²) in [5, 5.41) is 2.98. The summed E-state index contributed by atoms with van der Waals surface area (Å²) in [4.78, 5) is 14.2. The van der Waals surface area contributed by atoms with E-state index in [1.54, 1.807) is 0 Å². The van der Waals surface area contributed by atoms with E-state index >= 15 is 0 Å². The summed E-state index contributed by atoms with van der Waals surface area (Å²) < 4.78 is 10.6. The van der Waals surface area contributed by atoms with Crippen LogP contribution in [0.1, 0.15) is 34.6 Å². The van der Waals surface area contributed by atoms with Crippen LogP contribution in [0.15, 0.2) is 0 Å². The number of nitrogens with zero attached hydrogens (tertiary/aromatic N) is 1. The Morgan fingerprint density at radius 1 is 1.32 bits per heavy atom. The van der Waals surface area contributed by atoms with Crippen molar-refractivity contribution in [3.8, 4) is 0 Å². The molecule has 0 saturated carbocycles. The highest BCUT2D eigenvalue weighted by atomic mass is 16.6. The Balaban J connectivity index is 2.45. The van der Waals surface area contributed by atoms with Crippen molar-refractivity contribution in [1.29, 1.82) is 0 Å². The second kappa shape index (κ2) is 7.10. The smallest absolute Gasteiger partial charge is 0.407 e. The summed E-state index contributed by atoms with van der Waals surface area (Å²) in [5.41, 5.74) is -0.454. The molecule has 5 nitrogen and oxygen atoms in total. The Bertz CT molecular complexity index is 281. The van der Waals surface area contributed by atoms with E-state index in [4.69, 9.17) is 9.47 Å². The summed E-state index contributed by atoms with van der Waals surface area (Å²) >= 11 is 0. The van der Waals surface area contributed by atoms with E-state index in [1.165, 1.54) is 0 Å². The molecule has 0 spiro atoms. The number of carbonyl (C=O) groups excluding carboxylic acids is 1. The number of rotatable bonds is 4. The molecular weight excluding hydrogens is 244 g/mol. The third kappa shape index (κ3) is 6.78. The van der Waals surface area contributed by atoms with Crippen LogP contribution in [-0.2, 0) is 9.47 Å². The first-order chi connectivity index (χ1) is 8.78. The molecule has 1 N–H and O–H groups in total. The van der Waals surface area contributed by atoms with Gasteiger partial charge in [-0.05, 0) is 26.7 Å². The van der Waals surface area contributed by atoms with E-state index in [9.17, 15) is 4.79 Å². The maximum atomic E-state index is 11.8. The normalized spacial score (nSPS) is 19.3. The molecule has 1 aliphatic rings. The Morgan fingerprint density at radius 3 is 2.37 bits per heavy atom. The van der Waals surface area contributed by atoms with Crippen molar-refractivity contribution in [3.05, 3.63) is 0 Å². The minimum atomic E-state index is -0.454. The lowest BCUT2D eigenvalue weighted by Gasteiger charge is -2.33. The molecule has 1 aliphatic heterocycles. The first-order valence-electron chi connectivity index (χ1n) is 7.07. The zero-order chi connectivity index (χ0) is 14.5. The zero-order valence-corrected chi connectivity index (χ0v) is 12.9. The van der Waals surface area contributed by atoms with Gasteiger partial charge in [0.1, 0.15) is 5.60 Å². The Morgan fingerprint density at radius 2 is 1.89 bits per heavy atom. The summed E-state index contributed by atoms with van der Waals surface area (Å²) in [6.45, 7) is 14.1. The van der Waals surface area contributed by atoms with Crippen molar-refractivity contribution < 1.29 is 14.3 Å². The maximum absolute atomic E-state index is 11.8. The van der Waals surface area contributed by atoms with Crippen LogP contribution in [0.2, 0.25) is 0 Å². The highest BCUT2D eigenvalue weighted by Crippen LogP contribution is 2.10. The van der Waals surface area contributed by atoms with E-state index in [0.717, 1.165) is 32.8 Å². The van der Waals surface area contributed by atoms with Crippen LogP contribution in [0.5, 0.6) is 0 Å². The first kappa shape index (κ1) is 16.2. The van der Waals surface area contributed by atoms with E-state index in [2.05, 4.69) is 24.1 Å². The van der Waals surface area contributed by atoms with Crippen LogP contribution >= 0.6 is 0 Å². The molecule has 0 aromatic carbocycles. The molecule has 5 heteroatoms. The monoisotopic (exact) mass is 272 g/mol. The molecule has 0 aromatic heterocycles. The fourth-order valence-corrected chi connectivity index (χ4v) is 1.94. The van der Waals surface area contributed by atoms with Gasteiger partial charge in [-0.15, -0.1) is 0 Å². The SMILES string of the molecule is CC(C)[C@@H](CN1CCOCC1)NC(=O)OC(C)(C)C. The second-order valence-corrected chi connectivity index (χ2v) is 6.41. The van der Waals surface area contributed by atoms with Crippen LogP contribution in [0.4, 0.5) is 4.79 Å². The van der Waals surface area contributed by atoms with Crippen molar-refractivity contribution in [2.45, 2.75) is 46.3 Å². The molecule has 0 radical (unpaired) electrons. The van der Waals surface area contributed by atoms with E-state index in [-0.39, 0.29) is 12.1 Å². The van der Waals surface area contributed by atoms with Gasteiger partial charge in [0, 0.05) is 25.7 Å². The van der Waals surface area contributed by atoms with Crippen molar-refractivity contribution in [3.63, 3.8) is 0 Å². The van der Waals surface area contributed by atoms with Gasteiger partial charge in [0.15, 0.2) is 0 Å². The molecule has 1 rings (SSSR count). The third-order valence-corrected chi connectivity index (χ3v) is 3.07. The summed E-state index contributed by atoms with van der Waals surface area (Å²) in [6.07, 6.45) is -0.334. The molecular formula is C14H28N2O3. The highest BCUT2D eigenvalue weighted by Gasteiger charge is 2.24. The number of morpholine rings is 1. The molecule has 0 bridgehead atoms. The lowest BCUT2D eigenvalue weighted by Crippen LogP contribution is -2.50. The molecule has 0 aliphatic carbocycles. The fraction of sp³-hybridized carbons (Fsp3) is 0.929. The van der Waals surface area contributed by atoms with Gasteiger partial charge in [0.25, 0.3) is 0 Å². The van der Waals surface area contributed by atoms with Crippen LogP contribution in [0, 0.1) is 5.92 Å². The minimum Gasteiger partial charge on any atom is -0.444 e. The van der Waals surface area contributed by atoms with E-state index in [1.807, 2.05) is 20.8 Å². The van der Waals surface area contributed by atoms with Crippen molar-refractivity contribution in [1.82, 2.24) is 10.2 Å². The van der Waals surface area contributed by atoms with Crippen molar-refractivity contribution >= 4 is 6.09 Å². The zero-order valence-electron chi connectivity index (χ0n) is 12.9. The van der Waals surface area contributed by atoms with E-state index in [0.29, 0.717) is 5.92 Å². The quantitative estimate of drug-likeness (QED) is 0.849. The average Bonchev–Trinajstić information content (AvgIpc) is 2.26. The molecule has 1 fully saturated rings. The molecule has 1 atom stereocenters. The molecule has 112 valence electrons. The molecule has 1 saturated heterocycles. The van der Waals surface area contributed by atoms with Gasteiger partial charge in [-0.1, -0.05) is 13.8 Å². The Hall–Kier alpha value is -0.810. The topological polar surface area (TPSA) is 50.8 Å². The molecule has 1 amide bonds. The van der Waals surface area contributed by atoms with Crippen molar-refractivity contribution in [2.75, 3.05) is 32.8 Å². The second-order valence-electron chi connectivity index (χ2n) is 6.41. The van der Waals surface area contributed by atoms with E-state index < -0.39 is 5.60 Å². The van der Waals surface area contributed by atoms with Gasteiger partial charge in [-0.3, -0.25) is 4.90 Å². The van der Waals surface area contributed by atoms with Crippen LogP contribution < -0.4 is 5.32 Å². The Kier molecular flexibility index (Phi) is 6.07. The largest absolute Gasteiger partial charge is 0.444 e. The average molecular weight is 272 g/mol. The molecule has 0 unspecified atom stereocenters. The number of carbonyl (C=O) groups is 1. The number of hydrogen-bond donors (Lipinski definition) is 1. The number of hydrogen-bond acceptors (Lipinski definition) is 4. The van der Waals surface area contributed by atoms with Gasteiger partial charge < -0.3 is 14.8 Å². The lowest BCUT2D eigenvalue weighted by atomic mass is 10.0. The molecule has 19 heavy (non-hydrogen) atoms. The van der Waals surface area contributed by atoms with Gasteiger partial charge >= 0.3 is 6.09 Å². The number of alkyl carbamates (subject to hydrolysis) is 1. The van der Waals surface area contributed by atoms with Gasteiger partial charge in [0.05, 0.1) is 13.2 Å². The number of ether oxygens (including phenoxy) is 2.